The number of carboxylic acid groups (broad SMARTS) is 1. The molecule has 2 rings (SSSR count). The molecule has 1 aromatic rings. The summed E-state index contributed by atoms with van der Waals surface area (Å²) in [7, 11) is 8.44. The van der Waals surface area contributed by atoms with Gasteiger partial charge in [0.05, 0.1) is 42.7 Å². The van der Waals surface area contributed by atoms with Crippen LogP contribution in [0.25, 0.3) is 0 Å². The molecule has 13 heteroatoms. The predicted octanol–water partition coefficient (Wildman–Crippen LogP) is 3.45. The Balaban J connectivity index is 2.27. The van der Waals surface area contributed by atoms with Crippen molar-refractivity contribution in [3.8, 4) is 0 Å². The normalized spacial score (nSPS) is 19.2. The summed E-state index contributed by atoms with van der Waals surface area (Å²) < 4.78 is 11.9. The van der Waals surface area contributed by atoms with Crippen molar-refractivity contribution in [2.24, 2.45) is 23.7 Å². The summed E-state index contributed by atoms with van der Waals surface area (Å²) in [5.74, 6) is -3.21. The summed E-state index contributed by atoms with van der Waals surface area (Å²) in [4.78, 5) is 72.5. The average Bonchev–Trinajstić information content (AvgIpc) is 3.59. The van der Waals surface area contributed by atoms with E-state index in [4.69, 9.17) is 9.47 Å². The van der Waals surface area contributed by atoms with Crippen molar-refractivity contribution >= 4 is 29.6 Å². The third kappa shape index (κ3) is 12.2. The quantitative estimate of drug-likeness (QED) is 0.172. The van der Waals surface area contributed by atoms with Crippen molar-refractivity contribution in [2.45, 2.75) is 123 Å². The highest BCUT2D eigenvalue weighted by molar-refractivity contribution is 5.90. The van der Waals surface area contributed by atoms with Crippen molar-refractivity contribution in [1.29, 1.82) is 0 Å². The van der Waals surface area contributed by atoms with Crippen LogP contribution in [-0.2, 0) is 39.9 Å². The number of nitrogens with zero attached hydrogens (tertiary/aromatic N) is 3. The number of benzene rings is 1. The molecule has 53 heavy (non-hydrogen) atoms. The number of hydrogen-bond acceptors (Lipinski definition) is 8. The molecule has 1 aliphatic rings. The molecule has 1 heterocycles. The molecule has 3 N–H and O–H groups in total. The molecule has 2 unspecified atom stereocenters. The number of aliphatic carboxylic acids is 1. The van der Waals surface area contributed by atoms with Crippen LogP contribution in [0.5, 0.6) is 0 Å². The van der Waals surface area contributed by atoms with E-state index in [9.17, 15) is 29.1 Å². The van der Waals surface area contributed by atoms with Gasteiger partial charge >= 0.3 is 5.97 Å². The highest BCUT2D eigenvalue weighted by Gasteiger charge is 2.43. The maximum absolute atomic E-state index is 14.2. The minimum Gasteiger partial charge on any atom is -0.480 e. The molecule has 1 saturated heterocycles. The molecule has 1 fully saturated rings. The molecule has 0 spiro atoms. The first-order chi connectivity index (χ1) is 24.9. The van der Waals surface area contributed by atoms with E-state index in [2.05, 4.69) is 10.6 Å². The Morgan fingerprint density at radius 1 is 0.906 bits per heavy atom. The SMILES string of the molecule is CC[C@H](C)C([C@@H](CC(=O)N1CCC[C@H]1[C@H](OC)[C@@H](C)C(=O)N[C@@H](Cc1ccccc1)C(=O)O)OC)N(C)C(=O)[C@@H](NC(=O)C(C(C)C)N(C)C)C(C)C. The Morgan fingerprint density at radius 3 is 2.02 bits per heavy atom. The standard InChI is InChI=1S/C40H67N5O8/c1-13-26(6)35(44(10)39(49)33(24(2)3)42-38(48)34(25(4)5)43(8)9)31(52-11)23-32(46)45-21-17-20-30(45)36(53-12)27(7)37(47)41-29(40(50)51)22-28-18-15-14-16-19-28/h14-16,18-19,24-27,29-31,33-36H,13,17,20-23H2,1-12H3,(H,41,47)(H,42,48)(H,50,51)/t26-,27+,29-,30-,31+,33-,34?,35?,36+/m0/s1. The third-order valence-corrected chi connectivity index (χ3v) is 10.8. The van der Waals surface area contributed by atoms with Gasteiger partial charge in [0.2, 0.25) is 23.6 Å². The summed E-state index contributed by atoms with van der Waals surface area (Å²) >= 11 is 0. The first kappa shape index (κ1) is 45.6. The van der Waals surface area contributed by atoms with Crippen LogP contribution in [0.4, 0.5) is 0 Å². The van der Waals surface area contributed by atoms with Crippen molar-refractivity contribution in [2.75, 3.05) is 41.9 Å². The number of amides is 4. The topological polar surface area (TPSA) is 158 Å². The van der Waals surface area contributed by atoms with Crippen LogP contribution in [0.15, 0.2) is 30.3 Å². The fraction of sp³-hybridized carbons (Fsp3) is 0.725. The Morgan fingerprint density at radius 2 is 1.53 bits per heavy atom. The zero-order valence-corrected chi connectivity index (χ0v) is 34.1. The van der Waals surface area contributed by atoms with Gasteiger partial charge in [0, 0.05) is 34.2 Å². The number of rotatable bonds is 21. The van der Waals surface area contributed by atoms with E-state index in [0.717, 1.165) is 12.0 Å². The lowest BCUT2D eigenvalue weighted by Crippen LogP contribution is -2.59. The number of nitrogens with one attached hydrogen (secondary N) is 2. The van der Waals surface area contributed by atoms with Gasteiger partial charge in [-0.3, -0.25) is 24.1 Å². The molecule has 0 aromatic heterocycles. The van der Waals surface area contributed by atoms with E-state index in [-0.39, 0.29) is 48.3 Å². The van der Waals surface area contributed by atoms with Crippen LogP contribution in [0.3, 0.4) is 0 Å². The number of likely N-dealkylation sites (tertiary alicyclic amines) is 1. The molecule has 300 valence electrons. The van der Waals surface area contributed by atoms with E-state index in [0.29, 0.717) is 19.4 Å². The Hall–Kier alpha value is -3.55. The third-order valence-electron chi connectivity index (χ3n) is 10.8. The lowest BCUT2D eigenvalue weighted by atomic mass is 9.89. The largest absolute Gasteiger partial charge is 0.480 e. The zero-order valence-electron chi connectivity index (χ0n) is 34.1. The summed E-state index contributed by atoms with van der Waals surface area (Å²) in [6, 6.07) is 5.89. The van der Waals surface area contributed by atoms with Crippen LogP contribution in [-0.4, -0.2) is 134 Å². The van der Waals surface area contributed by atoms with Crippen LogP contribution in [0.1, 0.15) is 79.7 Å². The number of likely N-dealkylation sites (N-methyl/N-ethyl adjacent to an activating group) is 2. The van der Waals surface area contributed by atoms with Crippen LogP contribution >= 0.6 is 0 Å². The number of carbonyl (C=O) groups is 5. The van der Waals surface area contributed by atoms with Gasteiger partial charge in [-0.2, -0.15) is 0 Å². The fourth-order valence-electron chi connectivity index (χ4n) is 7.76. The molecule has 1 aromatic carbocycles. The summed E-state index contributed by atoms with van der Waals surface area (Å²) in [5.41, 5.74) is 0.785. The second kappa shape index (κ2) is 21.4. The number of ether oxygens (including phenoxy) is 2. The first-order valence-electron chi connectivity index (χ1n) is 19.1. The summed E-state index contributed by atoms with van der Waals surface area (Å²) in [6.45, 7) is 13.9. The van der Waals surface area contributed by atoms with Crippen molar-refractivity contribution < 1.29 is 38.6 Å². The highest BCUT2D eigenvalue weighted by atomic mass is 16.5. The molecule has 4 amide bonds. The van der Waals surface area contributed by atoms with Crippen LogP contribution < -0.4 is 10.6 Å². The highest BCUT2D eigenvalue weighted by Crippen LogP contribution is 2.30. The predicted molar refractivity (Wildman–Crippen MR) is 205 cm³/mol. The smallest absolute Gasteiger partial charge is 0.326 e. The maximum atomic E-state index is 14.2. The van der Waals surface area contributed by atoms with E-state index in [1.165, 1.54) is 14.2 Å². The second-order valence-corrected chi connectivity index (χ2v) is 15.6. The number of methoxy groups -OCH3 is 2. The monoisotopic (exact) mass is 745 g/mol. The fourth-order valence-corrected chi connectivity index (χ4v) is 7.76. The number of carboxylic acids is 1. The Labute approximate surface area is 317 Å². The van der Waals surface area contributed by atoms with E-state index in [1.807, 2.05) is 90.9 Å². The lowest BCUT2D eigenvalue weighted by Gasteiger charge is -2.41. The number of carbonyl (C=O) groups excluding carboxylic acids is 4. The van der Waals surface area contributed by atoms with E-state index in [1.54, 1.807) is 23.8 Å². The average molecular weight is 746 g/mol. The summed E-state index contributed by atoms with van der Waals surface area (Å²) in [6.07, 6.45) is 0.820. The van der Waals surface area contributed by atoms with Gasteiger partial charge < -0.3 is 35.0 Å². The minimum atomic E-state index is -1.14. The molecular weight excluding hydrogens is 678 g/mol. The molecule has 0 saturated carbocycles. The van der Waals surface area contributed by atoms with Gasteiger partial charge in [-0.05, 0) is 50.3 Å². The van der Waals surface area contributed by atoms with Gasteiger partial charge in [-0.15, -0.1) is 0 Å². The van der Waals surface area contributed by atoms with E-state index >= 15 is 0 Å². The van der Waals surface area contributed by atoms with Gasteiger partial charge in [-0.25, -0.2) is 4.79 Å². The van der Waals surface area contributed by atoms with Crippen LogP contribution in [0, 0.1) is 23.7 Å². The first-order valence-corrected chi connectivity index (χ1v) is 19.1. The molecule has 13 nitrogen and oxygen atoms in total. The van der Waals surface area contributed by atoms with Crippen LogP contribution in [0.2, 0.25) is 0 Å². The summed E-state index contributed by atoms with van der Waals surface area (Å²) in [5, 5.41) is 15.6. The molecule has 0 radical (unpaired) electrons. The molecule has 1 aliphatic heterocycles. The van der Waals surface area contributed by atoms with Gasteiger partial charge in [-0.1, -0.05) is 85.2 Å². The lowest BCUT2D eigenvalue weighted by molar-refractivity contribution is -0.148. The van der Waals surface area contributed by atoms with Gasteiger partial charge in [0.25, 0.3) is 0 Å². The van der Waals surface area contributed by atoms with Gasteiger partial charge in [0.15, 0.2) is 0 Å². The van der Waals surface area contributed by atoms with E-state index < -0.39 is 60.2 Å². The molecule has 0 aliphatic carbocycles. The second-order valence-electron chi connectivity index (χ2n) is 15.6. The van der Waals surface area contributed by atoms with Crippen molar-refractivity contribution in [3.05, 3.63) is 35.9 Å². The van der Waals surface area contributed by atoms with Crippen molar-refractivity contribution in [3.63, 3.8) is 0 Å². The minimum absolute atomic E-state index is 0.0104. The molecule has 9 atom stereocenters. The zero-order chi connectivity index (χ0) is 40.2. The Bertz CT molecular complexity index is 1330. The maximum Gasteiger partial charge on any atom is 0.326 e. The van der Waals surface area contributed by atoms with Crippen molar-refractivity contribution in [1.82, 2.24) is 25.3 Å². The van der Waals surface area contributed by atoms with Gasteiger partial charge in [0.1, 0.15) is 12.1 Å². The molecule has 0 bridgehead atoms. The number of hydrogen-bond donors (Lipinski definition) is 3. The Kier molecular flexibility index (Phi) is 18.4. The molecular formula is C40H67N5O8.